The zero-order chi connectivity index (χ0) is 16.4. The van der Waals surface area contributed by atoms with Gasteiger partial charge in [0.1, 0.15) is 5.82 Å². The standard InChI is InChI=1S/C18H28FN3/c1-5-11-22(12-6-2)18-14-16(8-9-17(18)19)15-20-10-7-13-21(3)4/h5-6,8-9,14,20H,1-2,7,10-13,15H2,3-4H3. The summed E-state index contributed by atoms with van der Waals surface area (Å²) in [4.78, 5) is 4.09. The van der Waals surface area contributed by atoms with E-state index in [1.54, 1.807) is 12.2 Å². The molecule has 0 saturated carbocycles. The third kappa shape index (κ3) is 6.41. The molecule has 1 aromatic carbocycles. The van der Waals surface area contributed by atoms with Crippen molar-refractivity contribution in [2.24, 2.45) is 0 Å². The lowest BCUT2D eigenvalue weighted by atomic mass is 10.1. The lowest BCUT2D eigenvalue weighted by molar-refractivity contribution is 0.394. The van der Waals surface area contributed by atoms with Crippen LogP contribution in [-0.2, 0) is 6.54 Å². The van der Waals surface area contributed by atoms with E-state index in [4.69, 9.17) is 0 Å². The van der Waals surface area contributed by atoms with Crippen molar-refractivity contribution in [3.63, 3.8) is 0 Å². The quantitative estimate of drug-likeness (QED) is 0.501. The van der Waals surface area contributed by atoms with Gasteiger partial charge in [0.15, 0.2) is 0 Å². The highest BCUT2D eigenvalue weighted by Gasteiger charge is 2.10. The number of rotatable bonds is 11. The van der Waals surface area contributed by atoms with Crippen LogP contribution in [0, 0.1) is 5.82 Å². The second-order valence-corrected chi connectivity index (χ2v) is 5.60. The van der Waals surface area contributed by atoms with E-state index in [9.17, 15) is 4.39 Å². The monoisotopic (exact) mass is 305 g/mol. The first kappa shape index (κ1) is 18.4. The van der Waals surface area contributed by atoms with E-state index in [0.717, 1.165) is 31.6 Å². The van der Waals surface area contributed by atoms with Gasteiger partial charge >= 0.3 is 0 Å². The number of anilines is 1. The molecule has 0 atom stereocenters. The smallest absolute Gasteiger partial charge is 0.146 e. The van der Waals surface area contributed by atoms with Gasteiger partial charge in [-0.25, -0.2) is 4.39 Å². The van der Waals surface area contributed by atoms with Gasteiger partial charge in [0, 0.05) is 19.6 Å². The summed E-state index contributed by atoms with van der Waals surface area (Å²) in [5.41, 5.74) is 1.69. The Morgan fingerprint density at radius 1 is 1.18 bits per heavy atom. The minimum absolute atomic E-state index is 0.208. The van der Waals surface area contributed by atoms with Gasteiger partial charge in [0.2, 0.25) is 0 Å². The maximum absolute atomic E-state index is 14.1. The number of hydrogen-bond acceptors (Lipinski definition) is 3. The molecule has 0 spiro atoms. The van der Waals surface area contributed by atoms with Crippen LogP contribution in [0.1, 0.15) is 12.0 Å². The molecular formula is C18H28FN3. The highest BCUT2D eigenvalue weighted by molar-refractivity contribution is 5.51. The number of nitrogens with one attached hydrogen (secondary N) is 1. The second kappa shape index (κ2) is 10.1. The highest BCUT2D eigenvalue weighted by atomic mass is 19.1. The molecule has 3 nitrogen and oxygen atoms in total. The first-order valence-corrected chi connectivity index (χ1v) is 7.69. The lowest BCUT2D eigenvalue weighted by Gasteiger charge is -2.23. The average Bonchev–Trinajstić information content (AvgIpc) is 2.48. The molecule has 0 aliphatic heterocycles. The third-order valence-corrected chi connectivity index (χ3v) is 3.34. The molecule has 0 aliphatic rings. The first-order chi connectivity index (χ1) is 10.6. The maximum atomic E-state index is 14.1. The van der Waals surface area contributed by atoms with Crippen LogP contribution in [0.4, 0.5) is 10.1 Å². The van der Waals surface area contributed by atoms with Crippen LogP contribution < -0.4 is 10.2 Å². The molecule has 22 heavy (non-hydrogen) atoms. The van der Waals surface area contributed by atoms with Gasteiger partial charge < -0.3 is 15.1 Å². The van der Waals surface area contributed by atoms with Crippen molar-refractivity contribution in [3.05, 3.63) is 54.9 Å². The van der Waals surface area contributed by atoms with Gasteiger partial charge in [-0.3, -0.25) is 0 Å². The Morgan fingerprint density at radius 3 is 2.45 bits per heavy atom. The Labute approximate surface area is 134 Å². The van der Waals surface area contributed by atoms with Crippen molar-refractivity contribution < 1.29 is 4.39 Å². The molecule has 1 rings (SSSR count). The van der Waals surface area contributed by atoms with E-state index in [-0.39, 0.29) is 5.82 Å². The van der Waals surface area contributed by atoms with E-state index < -0.39 is 0 Å². The summed E-state index contributed by atoms with van der Waals surface area (Å²) in [6, 6.07) is 5.27. The van der Waals surface area contributed by atoms with E-state index >= 15 is 0 Å². The number of hydrogen-bond donors (Lipinski definition) is 1. The molecule has 0 bridgehead atoms. The van der Waals surface area contributed by atoms with Crippen molar-refractivity contribution in [1.82, 2.24) is 10.2 Å². The van der Waals surface area contributed by atoms with Gasteiger partial charge in [0.05, 0.1) is 5.69 Å². The van der Waals surface area contributed by atoms with Crippen molar-refractivity contribution in [3.8, 4) is 0 Å². The topological polar surface area (TPSA) is 18.5 Å². The summed E-state index contributed by atoms with van der Waals surface area (Å²) in [5.74, 6) is -0.208. The Bertz CT molecular complexity index is 461. The van der Waals surface area contributed by atoms with Gasteiger partial charge in [-0.2, -0.15) is 0 Å². The van der Waals surface area contributed by atoms with Gasteiger partial charge in [-0.1, -0.05) is 18.2 Å². The largest absolute Gasteiger partial charge is 0.362 e. The zero-order valence-corrected chi connectivity index (χ0v) is 13.8. The Balaban J connectivity index is 2.64. The van der Waals surface area contributed by atoms with Crippen molar-refractivity contribution in [1.29, 1.82) is 0 Å². The summed E-state index contributed by atoms with van der Waals surface area (Å²) >= 11 is 0. The molecule has 0 unspecified atom stereocenters. The molecule has 1 aromatic rings. The normalized spacial score (nSPS) is 10.7. The van der Waals surface area contributed by atoms with Crippen molar-refractivity contribution in [2.75, 3.05) is 45.2 Å². The molecule has 0 aromatic heterocycles. The number of benzene rings is 1. The zero-order valence-electron chi connectivity index (χ0n) is 13.8. The summed E-state index contributed by atoms with van der Waals surface area (Å²) in [6.07, 6.45) is 4.64. The van der Waals surface area contributed by atoms with Gasteiger partial charge in [-0.15, -0.1) is 13.2 Å². The molecule has 0 heterocycles. The van der Waals surface area contributed by atoms with Crippen LogP contribution in [0.2, 0.25) is 0 Å². The highest BCUT2D eigenvalue weighted by Crippen LogP contribution is 2.21. The molecule has 1 N–H and O–H groups in total. The lowest BCUT2D eigenvalue weighted by Crippen LogP contribution is -2.25. The minimum atomic E-state index is -0.208. The van der Waals surface area contributed by atoms with E-state index in [1.165, 1.54) is 6.07 Å². The fourth-order valence-electron chi connectivity index (χ4n) is 2.25. The molecule has 0 saturated heterocycles. The van der Waals surface area contributed by atoms with E-state index in [1.807, 2.05) is 17.0 Å². The predicted molar refractivity (Wildman–Crippen MR) is 93.9 cm³/mol. The second-order valence-electron chi connectivity index (χ2n) is 5.60. The van der Waals surface area contributed by atoms with E-state index in [0.29, 0.717) is 18.8 Å². The molecule has 0 radical (unpaired) electrons. The molecule has 122 valence electrons. The fourth-order valence-corrected chi connectivity index (χ4v) is 2.25. The van der Waals surface area contributed by atoms with Crippen LogP contribution >= 0.6 is 0 Å². The summed E-state index contributed by atoms with van der Waals surface area (Å²) in [5, 5.41) is 3.40. The predicted octanol–water partition coefficient (Wildman–Crippen LogP) is 3.05. The van der Waals surface area contributed by atoms with Crippen LogP contribution in [0.15, 0.2) is 43.5 Å². The van der Waals surface area contributed by atoms with Crippen molar-refractivity contribution in [2.45, 2.75) is 13.0 Å². The Hall–Kier alpha value is -1.65. The summed E-state index contributed by atoms with van der Waals surface area (Å²) < 4.78 is 14.1. The average molecular weight is 305 g/mol. The maximum Gasteiger partial charge on any atom is 0.146 e. The van der Waals surface area contributed by atoms with Crippen molar-refractivity contribution >= 4 is 5.69 Å². The van der Waals surface area contributed by atoms with Crippen LogP contribution in [-0.4, -0.2) is 45.2 Å². The number of halogens is 1. The first-order valence-electron chi connectivity index (χ1n) is 7.69. The van der Waals surface area contributed by atoms with Crippen LogP contribution in [0.3, 0.4) is 0 Å². The molecule has 0 fully saturated rings. The van der Waals surface area contributed by atoms with E-state index in [2.05, 4.69) is 37.5 Å². The number of nitrogens with zero attached hydrogens (tertiary/aromatic N) is 2. The Kier molecular flexibility index (Phi) is 8.48. The fraction of sp³-hybridized carbons (Fsp3) is 0.444. The molecule has 0 aliphatic carbocycles. The molecular weight excluding hydrogens is 277 g/mol. The third-order valence-electron chi connectivity index (χ3n) is 3.34. The van der Waals surface area contributed by atoms with Gasteiger partial charge in [-0.05, 0) is 51.3 Å². The Morgan fingerprint density at radius 2 is 1.86 bits per heavy atom. The molecule has 4 heteroatoms. The van der Waals surface area contributed by atoms with Crippen LogP contribution in [0.5, 0.6) is 0 Å². The minimum Gasteiger partial charge on any atom is -0.362 e. The summed E-state index contributed by atoms with van der Waals surface area (Å²) in [7, 11) is 4.14. The summed E-state index contributed by atoms with van der Waals surface area (Å²) in [6.45, 7) is 11.4. The SMILES string of the molecule is C=CCN(CC=C)c1cc(CNCCCN(C)C)ccc1F. The van der Waals surface area contributed by atoms with Gasteiger partial charge in [0.25, 0.3) is 0 Å². The molecule has 0 amide bonds. The van der Waals surface area contributed by atoms with Crippen LogP contribution in [0.25, 0.3) is 0 Å².